The van der Waals surface area contributed by atoms with Crippen LogP contribution >= 0.6 is 23.2 Å². The fraction of sp³-hybridized carbons (Fsp3) is 0.391. The van der Waals surface area contributed by atoms with E-state index >= 15 is 0 Å². The van der Waals surface area contributed by atoms with E-state index in [9.17, 15) is 14.0 Å². The fourth-order valence-electron chi connectivity index (χ4n) is 3.10. The Kier molecular flexibility index (Phi) is 9.75. The van der Waals surface area contributed by atoms with Crippen LogP contribution in [0.4, 0.5) is 4.39 Å². The number of halogens is 3. The molecule has 0 aliphatic rings. The third-order valence-electron chi connectivity index (χ3n) is 4.94. The lowest BCUT2D eigenvalue weighted by Gasteiger charge is -2.25. The van der Waals surface area contributed by atoms with Crippen molar-refractivity contribution in [2.24, 2.45) is 0 Å². The maximum absolute atomic E-state index is 14.2. The van der Waals surface area contributed by atoms with Crippen LogP contribution in [0.2, 0.25) is 10.0 Å². The van der Waals surface area contributed by atoms with Crippen molar-refractivity contribution in [1.29, 1.82) is 0 Å². The van der Waals surface area contributed by atoms with Gasteiger partial charge in [0.1, 0.15) is 17.7 Å². The molecule has 2 N–H and O–H groups in total. The molecule has 0 radical (unpaired) electrons. The van der Waals surface area contributed by atoms with Gasteiger partial charge in [-0.2, -0.15) is 0 Å². The van der Waals surface area contributed by atoms with Gasteiger partial charge in [-0.1, -0.05) is 29.3 Å². The van der Waals surface area contributed by atoms with Gasteiger partial charge in [0.15, 0.2) is 0 Å². The maximum Gasteiger partial charge on any atom is 0.253 e. The standard InChI is InChI=1S/C23H28Cl2FN3O3/c1-14(32-17-6-8-19(24)20(25)12-17)9-22(30)28-13-16(29(3)4)10-15-5-7-18(21(26)11-15)23(31)27-2/h5-8,11-12,14,16H,9-10,13H2,1-4H3,(H,27,31)(H,28,30)/t14-,16?/m0/s1. The highest BCUT2D eigenvalue weighted by molar-refractivity contribution is 6.42. The number of hydrogen-bond donors (Lipinski definition) is 2. The van der Waals surface area contributed by atoms with E-state index in [0.29, 0.717) is 28.8 Å². The lowest BCUT2D eigenvalue weighted by molar-refractivity contribution is -0.122. The number of hydrogen-bond acceptors (Lipinski definition) is 4. The Morgan fingerprint density at radius 1 is 1.12 bits per heavy atom. The summed E-state index contributed by atoms with van der Waals surface area (Å²) in [6.07, 6.45) is 0.306. The molecule has 6 nitrogen and oxygen atoms in total. The molecule has 1 unspecified atom stereocenters. The Balaban J connectivity index is 1.90. The van der Waals surface area contributed by atoms with E-state index < -0.39 is 11.7 Å². The van der Waals surface area contributed by atoms with Crippen LogP contribution in [0.3, 0.4) is 0 Å². The topological polar surface area (TPSA) is 70.7 Å². The first-order valence-corrected chi connectivity index (χ1v) is 10.9. The third-order valence-corrected chi connectivity index (χ3v) is 5.68. The Morgan fingerprint density at radius 3 is 2.44 bits per heavy atom. The van der Waals surface area contributed by atoms with Crippen LogP contribution in [-0.2, 0) is 11.2 Å². The molecule has 0 saturated carbocycles. The molecule has 0 saturated heterocycles. The highest BCUT2D eigenvalue weighted by atomic mass is 35.5. The summed E-state index contributed by atoms with van der Waals surface area (Å²) in [5.74, 6) is -0.669. The van der Waals surface area contributed by atoms with Crippen LogP contribution < -0.4 is 15.4 Å². The predicted octanol–water partition coefficient (Wildman–Crippen LogP) is 3.94. The molecule has 2 aromatic carbocycles. The SMILES string of the molecule is CNC(=O)c1ccc(CC(CNC(=O)C[C@H](C)Oc2ccc(Cl)c(Cl)c2)N(C)C)cc1F. The number of carbonyl (C=O) groups is 2. The van der Waals surface area contributed by atoms with Crippen molar-refractivity contribution >= 4 is 35.0 Å². The molecular weight excluding hydrogens is 456 g/mol. The van der Waals surface area contributed by atoms with Crippen LogP contribution in [0.15, 0.2) is 36.4 Å². The Morgan fingerprint density at radius 2 is 1.84 bits per heavy atom. The van der Waals surface area contributed by atoms with Gasteiger partial charge in [-0.3, -0.25) is 9.59 Å². The van der Waals surface area contributed by atoms with Gasteiger partial charge in [-0.05, 0) is 57.3 Å². The van der Waals surface area contributed by atoms with Crippen molar-refractivity contribution in [3.05, 3.63) is 63.4 Å². The van der Waals surface area contributed by atoms with Gasteiger partial charge in [-0.15, -0.1) is 0 Å². The van der Waals surface area contributed by atoms with E-state index in [1.54, 1.807) is 31.2 Å². The van der Waals surface area contributed by atoms with Gasteiger partial charge < -0.3 is 20.3 Å². The summed E-state index contributed by atoms with van der Waals surface area (Å²) in [5, 5.41) is 6.14. The molecule has 0 bridgehead atoms. The van der Waals surface area contributed by atoms with Crippen molar-refractivity contribution in [3.63, 3.8) is 0 Å². The zero-order valence-electron chi connectivity index (χ0n) is 18.5. The fourth-order valence-corrected chi connectivity index (χ4v) is 3.39. The average molecular weight is 484 g/mol. The first-order valence-electron chi connectivity index (χ1n) is 10.2. The number of nitrogens with zero attached hydrogens (tertiary/aromatic N) is 1. The maximum atomic E-state index is 14.2. The zero-order valence-corrected chi connectivity index (χ0v) is 20.1. The number of likely N-dealkylation sites (N-methyl/N-ethyl adjacent to an activating group) is 1. The molecule has 2 atom stereocenters. The second kappa shape index (κ2) is 12.0. The van der Waals surface area contributed by atoms with E-state index in [4.69, 9.17) is 27.9 Å². The van der Waals surface area contributed by atoms with Crippen molar-refractivity contribution in [1.82, 2.24) is 15.5 Å². The minimum absolute atomic E-state index is 0.00178. The van der Waals surface area contributed by atoms with E-state index in [1.165, 1.54) is 19.2 Å². The zero-order chi connectivity index (χ0) is 23.8. The molecule has 9 heteroatoms. The molecule has 2 amide bonds. The number of nitrogens with one attached hydrogen (secondary N) is 2. The van der Waals surface area contributed by atoms with Crippen LogP contribution in [0.5, 0.6) is 5.75 Å². The van der Waals surface area contributed by atoms with E-state index in [2.05, 4.69) is 10.6 Å². The molecule has 2 rings (SSSR count). The Labute approximate surface area is 198 Å². The molecule has 174 valence electrons. The van der Waals surface area contributed by atoms with Crippen LogP contribution in [0.1, 0.15) is 29.3 Å². The number of carbonyl (C=O) groups excluding carboxylic acids is 2. The molecule has 0 fully saturated rings. The summed E-state index contributed by atoms with van der Waals surface area (Å²) in [4.78, 5) is 26.0. The van der Waals surface area contributed by atoms with Gasteiger partial charge in [0.2, 0.25) is 5.91 Å². The molecule has 0 aliphatic carbocycles. The summed E-state index contributed by atoms with van der Waals surface area (Å²) < 4.78 is 20.0. The molecule has 0 aromatic heterocycles. The largest absolute Gasteiger partial charge is 0.490 e. The molecule has 0 heterocycles. The molecular formula is C23H28Cl2FN3O3. The highest BCUT2D eigenvalue weighted by Gasteiger charge is 2.18. The first-order chi connectivity index (χ1) is 15.1. The van der Waals surface area contributed by atoms with Gasteiger partial charge in [-0.25, -0.2) is 4.39 Å². The number of amides is 2. The summed E-state index contributed by atoms with van der Waals surface area (Å²) in [6.45, 7) is 2.17. The van der Waals surface area contributed by atoms with Gasteiger partial charge >= 0.3 is 0 Å². The monoisotopic (exact) mass is 483 g/mol. The Hall–Kier alpha value is -2.35. The minimum Gasteiger partial charge on any atom is -0.490 e. The van der Waals surface area contributed by atoms with Crippen molar-refractivity contribution < 1.29 is 18.7 Å². The summed E-state index contributed by atoms with van der Waals surface area (Å²) in [6, 6.07) is 9.42. The van der Waals surface area contributed by atoms with Gasteiger partial charge in [0.25, 0.3) is 5.91 Å². The van der Waals surface area contributed by atoms with Gasteiger partial charge in [0.05, 0.1) is 22.0 Å². The number of rotatable bonds is 10. The van der Waals surface area contributed by atoms with Crippen molar-refractivity contribution in [2.75, 3.05) is 27.7 Å². The summed E-state index contributed by atoms with van der Waals surface area (Å²) in [5.41, 5.74) is 0.737. The number of ether oxygens (including phenoxy) is 1. The molecule has 0 spiro atoms. The quantitative estimate of drug-likeness (QED) is 0.536. The molecule has 32 heavy (non-hydrogen) atoms. The minimum atomic E-state index is -0.573. The first kappa shape index (κ1) is 25.9. The summed E-state index contributed by atoms with van der Waals surface area (Å²) >= 11 is 11.9. The normalized spacial score (nSPS) is 12.9. The van der Waals surface area contributed by atoms with Crippen molar-refractivity contribution in [3.8, 4) is 5.75 Å². The van der Waals surface area contributed by atoms with E-state index in [-0.39, 0.29) is 30.0 Å². The van der Waals surface area contributed by atoms with Gasteiger partial charge in [0, 0.05) is 25.7 Å². The van der Waals surface area contributed by atoms with Crippen LogP contribution in [0, 0.1) is 5.82 Å². The second-order valence-electron chi connectivity index (χ2n) is 7.73. The van der Waals surface area contributed by atoms with Crippen LogP contribution in [-0.4, -0.2) is 56.5 Å². The highest BCUT2D eigenvalue weighted by Crippen LogP contribution is 2.27. The van der Waals surface area contributed by atoms with E-state index in [1.807, 2.05) is 19.0 Å². The average Bonchev–Trinajstić information content (AvgIpc) is 2.73. The Bertz CT molecular complexity index is 956. The van der Waals surface area contributed by atoms with E-state index in [0.717, 1.165) is 5.56 Å². The lowest BCUT2D eigenvalue weighted by Crippen LogP contribution is -2.42. The third kappa shape index (κ3) is 7.65. The number of benzene rings is 2. The van der Waals surface area contributed by atoms with Crippen molar-refractivity contribution in [2.45, 2.75) is 31.9 Å². The summed E-state index contributed by atoms with van der Waals surface area (Å²) in [7, 11) is 5.24. The smallest absolute Gasteiger partial charge is 0.253 e. The molecule has 0 aliphatic heterocycles. The molecule has 2 aromatic rings. The second-order valence-corrected chi connectivity index (χ2v) is 8.54. The lowest BCUT2D eigenvalue weighted by atomic mass is 10.0. The predicted molar refractivity (Wildman–Crippen MR) is 125 cm³/mol. The van der Waals surface area contributed by atoms with Crippen LogP contribution in [0.25, 0.3) is 0 Å².